The van der Waals surface area contributed by atoms with Gasteiger partial charge in [-0.25, -0.2) is 4.79 Å². The summed E-state index contributed by atoms with van der Waals surface area (Å²) in [5, 5.41) is 62.0. The molecule has 0 spiro atoms. The highest BCUT2D eigenvalue weighted by molar-refractivity contribution is 5.85. The maximum atomic E-state index is 10.9. The van der Waals surface area contributed by atoms with Gasteiger partial charge in [-0.2, -0.15) is 0 Å². The molecule has 0 aliphatic rings. The number of ether oxygens (including phenoxy) is 2. The fourth-order valence-electron chi connectivity index (χ4n) is 2.36. The van der Waals surface area contributed by atoms with E-state index in [-0.39, 0.29) is 51.8 Å². The summed E-state index contributed by atoms with van der Waals surface area (Å²) in [6.07, 6.45) is 9.06. The number of rotatable bonds is 12. The van der Waals surface area contributed by atoms with Crippen LogP contribution in [0.2, 0.25) is 0 Å². The molecule has 0 fully saturated rings. The van der Waals surface area contributed by atoms with Gasteiger partial charge in [-0.3, -0.25) is 0 Å². The van der Waals surface area contributed by atoms with Crippen molar-refractivity contribution in [3.8, 4) is 5.75 Å². The topological polar surface area (TPSA) is 197 Å². The van der Waals surface area contributed by atoms with Gasteiger partial charge in [0.25, 0.3) is 0 Å². The van der Waals surface area contributed by atoms with Crippen molar-refractivity contribution in [2.75, 3.05) is 46.2 Å². The van der Waals surface area contributed by atoms with Gasteiger partial charge in [0.1, 0.15) is 5.75 Å². The van der Waals surface area contributed by atoms with Crippen molar-refractivity contribution >= 4 is 5.97 Å². The molecule has 0 aromatic heterocycles. The Morgan fingerprint density at radius 2 is 0.978 bits per heavy atom. The molecule has 0 aliphatic carbocycles. The van der Waals surface area contributed by atoms with E-state index in [4.69, 9.17) is 50.3 Å². The highest BCUT2D eigenvalue weighted by Crippen LogP contribution is 2.26. The lowest BCUT2D eigenvalue weighted by Crippen LogP contribution is -2.34. The first-order chi connectivity index (χ1) is 21.4. The SMILES string of the molecule is CCCCCCCCC(C)(OC=C(C)C(=O)O)Oc1ccccc1.CCO.CCO.CCO.CCO.CCO.CCO.CCO. The molecule has 45 heavy (non-hydrogen) atoms. The third kappa shape index (κ3) is 74.5. The van der Waals surface area contributed by atoms with Crippen molar-refractivity contribution in [1.29, 1.82) is 0 Å². The molecular weight excluding hydrogens is 584 g/mol. The Morgan fingerprint density at radius 3 is 1.31 bits per heavy atom. The highest BCUT2D eigenvalue weighted by atomic mass is 16.7. The molecule has 274 valence electrons. The Morgan fingerprint density at radius 1 is 0.644 bits per heavy atom. The fraction of sp³-hybridized carbons (Fsp3) is 0.735. The largest absolute Gasteiger partial charge is 0.478 e. The summed E-state index contributed by atoms with van der Waals surface area (Å²) in [7, 11) is 0. The molecule has 1 unspecified atom stereocenters. The summed E-state index contributed by atoms with van der Waals surface area (Å²) in [5.41, 5.74) is 0.154. The molecule has 1 atom stereocenters. The number of carbonyl (C=O) groups is 1. The third-order valence-electron chi connectivity index (χ3n) is 3.88. The molecular formula is C34H72O11. The maximum Gasteiger partial charge on any atom is 0.334 e. The number of benzene rings is 1. The van der Waals surface area contributed by atoms with Gasteiger partial charge in [-0.05, 0) is 73.9 Å². The van der Waals surface area contributed by atoms with Gasteiger partial charge < -0.3 is 50.3 Å². The van der Waals surface area contributed by atoms with Gasteiger partial charge in [0.2, 0.25) is 5.79 Å². The minimum Gasteiger partial charge on any atom is -0.478 e. The number of carboxylic acid groups (broad SMARTS) is 1. The van der Waals surface area contributed by atoms with Crippen LogP contribution in [0.5, 0.6) is 5.75 Å². The van der Waals surface area contributed by atoms with Crippen LogP contribution < -0.4 is 4.74 Å². The number of aliphatic hydroxyl groups is 7. The third-order valence-corrected chi connectivity index (χ3v) is 3.88. The number of para-hydroxylation sites is 1. The molecule has 0 saturated heterocycles. The molecule has 1 aromatic carbocycles. The fourth-order valence-corrected chi connectivity index (χ4v) is 2.36. The highest BCUT2D eigenvalue weighted by Gasteiger charge is 2.27. The Labute approximate surface area is 275 Å². The zero-order valence-electron chi connectivity index (χ0n) is 30.2. The van der Waals surface area contributed by atoms with Crippen LogP contribution in [0.15, 0.2) is 42.2 Å². The minimum absolute atomic E-state index is 0.154. The minimum atomic E-state index is -0.989. The van der Waals surface area contributed by atoms with E-state index in [9.17, 15) is 4.79 Å². The lowest BCUT2D eigenvalue weighted by atomic mass is 10.1. The van der Waals surface area contributed by atoms with Gasteiger partial charge in [-0.15, -0.1) is 0 Å². The molecule has 0 aliphatic heterocycles. The number of unbranched alkanes of at least 4 members (excludes halogenated alkanes) is 5. The van der Waals surface area contributed by atoms with E-state index < -0.39 is 11.8 Å². The Kier molecular flexibility index (Phi) is 74.4. The second-order valence-corrected chi connectivity index (χ2v) is 8.50. The van der Waals surface area contributed by atoms with Crippen molar-refractivity contribution < 1.29 is 55.1 Å². The summed E-state index contributed by atoms with van der Waals surface area (Å²) in [6, 6.07) is 9.47. The summed E-state index contributed by atoms with van der Waals surface area (Å²) in [5.74, 6) is -1.15. The van der Waals surface area contributed by atoms with Crippen molar-refractivity contribution in [1.82, 2.24) is 0 Å². The molecule has 1 aromatic rings. The standard InChI is InChI=1S/C20H30O4.7C2H6O/c1-4-5-6-7-8-12-15-20(3,23-16-17(2)19(21)22)24-18-13-10-9-11-14-18;7*1-2-3/h9-11,13-14,16H,4-8,12,15H2,1-3H3,(H,21,22);7*3H,2H2,1H3. The number of carboxylic acids is 1. The first-order valence-corrected chi connectivity index (χ1v) is 15.9. The summed E-state index contributed by atoms with van der Waals surface area (Å²) in [6.45, 7) is 19.1. The molecule has 0 radical (unpaired) electrons. The van der Waals surface area contributed by atoms with Gasteiger partial charge >= 0.3 is 5.97 Å². The molecule has 11 heteroatoms. The Bertz CT molecular complexity index is 610. The van der Waals surface area contributed by atoms with Crippen molar-refractivity contribution in [3.63, 3.8) is 0 Å². The smallest absolute Gasteiger partial charge is 0.334 e. The van der Waals surface area contributed by atoms with Crippen LogP contribution in [0.4, 0.5) is 0 Å². The molecule has 1 rings (SSSR count). The lowest BCUT2D eigenvalue weighted by molar-refractivity contribution is -0.140. The summed E-state index contributed by atoms with van der Waals surface area (Å²) >= 11 is 0. The van der Waals surface area contributed by atoms with Crippen LogP contribution in [0.1, 0.15) is 114 Å². The predicted molar refractivity (Wildman–Crippen MR) is 185 cm³/mol. The second kappa shape index (κ2) is 57.4. The van der Waals surface area contributed by atoms with E-state index in [2.05, 4.69) is 6.92 Å². The Balaban J connectivity index is -0.000000112. The van der Waals surface area contributed by atoms with Crippen molar-refractivity contribution in [2.24, 2.45) is 0 Å². The predicted octanol–water partition coefficient (Wildman–Crippen LogP) is 5.53. The number of aliphatic hydroxyl groups excluding tert-OH is 7. The molecule has 8 N–H and O–H groups in total. The average Bonchev–Trinajstić information content (AvgIpc) is 2.97. The molecule has 0 amide bonds. The van der Waals surface area contributed by atoms with Crippen LogP contribution in [0.25, 0.3) is 0 Å². The van der Waals surface area contributed by atoms with Crippen molar-refractivity contribution in [2.45, 2.75) is 120 Å². The van der Waals surface area contributed by atoms with Crippen LogP contribution in [0, 0.1) is 0 Å². The number of aliphatic carboxylic acids is 1. The zero-order chi connectivity index (χ0) is 36.8. The zero-order valence-corrected chi connectivity index (χ0v) is 30.2. The maximum absolute atomic E-state index is 10.9. The van der Waals surface area contributed by atoms with E-state index in [1.54, 1.807) is 48.5 Å². The van der Waals surface area contributed by atoms with E-state index in [1.165, 1.54) is 38.9 Å². The van der Waals surface area contributed by atoms with Crippen LogP contribution in [-0.2, 0) is 9.53 Å². The molecule has 0 saturated carbocycles. The molecule has 11 nitrogen and oxygen atoms in total. The van der Waals surface area contributed by atoms with E-state index in [1.807, 2.05) is 37.3 Å². The van der Waals surface area contributed by atoms with Gasteiger partial charge in [0.15, 0.2) is 0 Å². The van der Waals surface area contributed by atoms with Crippen LogP contribution in [-0.4, -0.2) is 98.9 Å². The quantitative estimate of drug-likeness (QED) is 0.0609. The normalized spacial score (nSPS) is 10.3. The summed E-state index contributed by atoms with van der Waals surface area (Å²) < 4.78 is 11.7. The van der Waals surface area contributed by atoms with Crippen LogP contribution in [0.3, 0.4) is 0 Å². The first kappa shape index (κ1) is 58.3. The van der Waals surface area contributed by atoms with E-state index >= 15 is 0 Å². The van der Waals surface area contributed by atoms with Crippen molar-refractivity contribution in [3.05, 3.63) is 42.2 Å². The van der Waals surface area contributed by atoms with Gasteiger partial charge in [0, 0.05) is 59.6 Å². The monoisotopic (exact) mass is 657 g/mol. The number of hydrogen-bond donors (Lipinski definition) is 8. The first-order valence-electron chi connectivity index (χ1n) is 15.9. The summed E-state index contributed by atoms with van der Waals surface area (Å²) in [4.78, 5) is 10.9. The average molecular weight is 657 g/mol. The second-order valence-electron chi connectivity index (χ2n) is 8.50. The Hall–Kier alpha value is -2.25. The van der Waals surface area contributed by atoms with Crippen LogP contribution >= 0.6 is 0 Å². The molecule has 0 heterocycles. The van der Waals surface area contributed by atoms with E-state index in [0.29, 0.717) is 12.2 Å². The lowest BCUT2D eigenvalue weighted by Gasteiger charge is -2.30. The molecule has 0 bridgehead atoms. The van der Waals surface area contributed by atoms with Gasteiger partial charge in [0.05, 0.1) is 11.8 Å². The van der Waals surface area contributed by atoms with E-state index in [0.717, 1.165) is 12.8 Å². The number of hydrogen-bond acceptors (Lipinski definition) is 10. The van der Waals surface area contributed by atoms with Gasteiger partial charge in [-0.1, -0.05) is 57.2 Å².